The largest absolute Gasteiger partial charge is 0.312 e. The van der Waals surface area contributed by atoms with Gasteiger partial charge in [-0.3, -0.25) is 9.59 Å². The minimum Gasteiger partial charge on any atom is -0.312 e. The number of benzene rings is 3. The number of carbonyl (C=O) groups is 2. The summed E-state index contributed by atoms with van der Waals surface area (Å²) in [6.45, 7) is 5.58. The molecule has 31 heavy (non-hydrogen) atoms. The maximum Gasteiger partial charge on any atom is 0.236 e. The van der Waals surface area contributed by atoms with Gasteiger partial charge in [0.2, 0.25) is 5.91 Å². The lowest BCUT2D eigenvalue weighted by Gasteiger charge is -2.22. The fourth-order valence-corrected chi connectivity index (χ4v) is 5.98. The lowest BCUT2D eigenvalue weighted by Crippen LogP contribution is -2.27. The molecule has 4 rings (SSSR count). The molecular weight excluding hydrogens is 426 g/mol. The molecule has 1 aliphatic rings. The minimum absolute atomic E-state index is 0.0221. The molecule has 0 radical (unpaired) electrons. The van der Waals surface area contributed by atoms with Gasteiger partial charge in [0.25, 0.3) is 0 Å². The van der Waals surface area contributed by atoms with Crippen LogP contribution in [0.2, 0.25) is 5.02 Å². The first-order valence-corrected chi connectivity index (χ1v) is 11.4. The van der Waals surface area contributed by atoms with Crippen molar-refractivity contribution in [1.82, 2.24) is 4.90 Å². The van der Waals surface area contributed by atoms with E-state index in [4.69, 9.17) is 11.6 Å². The molecule has 1 aliphatic heterocycles. The van der Waals surface area contributed by atoms with Crippen LogP contribution in [0.5, 0.6) is 0 Å². The Labute approximate surface area is 192 Å². The zero-order valence-electron chi connectivity index (χ0n) is 17.7. The third kappa shape index (κ3) is 3.68. The quantitative estimate of drug-likeness (QED) is 0.433. The van der Waals surface area contributed by atoms with Crippen molar-refractivity contribution in [2.24, 2.45) is 0 Å². The average molecular weight is 450 g/mol. The predicted molar refractivity (Wildman–Crippen MR) is 127 cm³/mol. The number of hydrogen-bond donors (Lipinski definition) is 0. The van der Waals surface area contributed by atoms with E-state index >= 15 is 0 Å². The maximum atomic E-state index is 14.1. The Bertz CT molecular complexity index is 1060. The van der Waals surface area contributed by atoms with Gasteiger partial charge in [-0.1, -0.05) is 96.2 Å². The molecule has 0 bridgehead atoms. The molecule has 3 aromatic carbocycles. The lowest BCUT2D eigenvalue weighted by molar-refractivity contribution is -0.128. The van der Waals surface area contributed by atoms with Crippen molar-refractivity contribution in [3.63, 3.8) is 0 Å². The average Bonchev–Trinajstić information content (AvgIpc) is 3.24. The van der Waals surface area contributed by atoms with E-state index in [1.807, 2.05) is 104 Å². The molecule has 158 valence electrons. The fraction of sp³-hybridized carbons (Fsp3) is 0.231. The summed E-state index contributed by atoms with van der Waals surface area (Å²) in [6.07, 6.45) is 0. The molecule has 1 atom stereocenters. The lowest BCUT2D eigenvalue weighted by atomic mass is 9.90. The summed E-state index contributed by atoms with van der Waals surface area (Å²) in [5.41, 5.74) is 2.21. The summed E-state index contributed by atoms with van der Waals surface area (Å²) in [6, 6.07) is 27.0. The van der Waals surface area contributed by atoms with Gasteiger partial charge in [0.15, 0.2) is 5.12 Å². The van der Waals surface area contributed by atoms with Crippen LogP contribution in [0, 0.1) is 0 Å². The molecule has 0 N–H and O–H groups in total. The zero-order chi connectivity index (χ0) is 22.2. The molecule has 0 aromatic heterocycles. The number of thioether (sulfide) groups is 1. The minimum atomic E-state index is -0.775. The second-order valence-corrected chi connectivity index (χ2v) is 10.0. The molecule has 1 unspecified atom stereocenters. The highest BCUT2D eigenvalue weighted by Crippen LogP contribution is 2.66. The van der Waals surface area contributed by atoms with Gasteiger partial charge in [-0.25, -0.2) is 0 Å². The third-order valence-electron chi connectivity index (χ3n) is 5.91. The zero-order valence-corrected chi connectivity index (χ0v) is 19.3. The van der Waals surface area contributed by atoms with Gasteiger partial charge >= 0.3 is 0 Å². The van der Waals surface area contributed by atoms with Crippen molar-refractivity contribution in [3.8, 4) is 0 Å². The Hall–Kier alpha value is -2.56. The molecule has 0 aliphatic carbocycles. The van der Waals surface area contributed by atoms with Gasteiger partial charge in [0.05, 0.1) is 11.5 Å². The van der Waals surface area contributed by atoms with E-state index in [2.05, 4.69) is 0 Å². The van der Waals surface area contributed by atoms with Crippen LogP contribution in [0.4, 0.5) is 0 Å². The van der Waals surface area contributed by atoms with Gasteiger partial charge in [-0.2, -0.15) is 0 Å². The summed E-state index contributed by atoms with van der Waals surface area (Å²) in [5.74, 6) is -0.477. The van der Waals surface area contributed by atoms with Crippen molar-refractivity contribution >= 4 is 34.4 Å². The van der Waals surface area contributed by atoms with Gasteiger partial charge in [-0.15, -0.1) is 0 Å². The number of rotatable bonds is 5. The molecule has 3 aromatic rings. The summed E-state index contributed by atoms with van der Waals surface area (Å²) in [4.78, 5) is 27.5. The van der Waals surface area contributed by atoms with E-state index in [0.717, 1.165) is 16.7 Å². The molecule has 1 heterocycles. The van der Waals surface area contributed by atoms with Crippen molar-refractivity contribution < 1.29 is 9.59 Å². The molecule has 1 saturated heterocycles. The smallest absolute Gasteiger partial charge is 0.236 e. The normalized spacial score (nSPS) is 19.3. The molecule has 0 spiro atoms. The summed E-state index contributed by atoms with van der Waals surface area (Å²) in [5, 5.41) is 0.587. The van der Waals surface area contributed by atoms with E-state index in [0.29, 0.717) is 5.02 Å². The van der Waals surface area contributed by atoms with Crippen LogP contribution in [0.15, 0.2) is 84.9 Å². The van der Waals surface area contributed by atoms with Crippen LogP contribution in [-0.2, 0) is 14.5 Å². The number of hydrogen-bond acceptors (Lipinski definition) is 3. The third-order valence-corrected chi connectivity index (χ3v) is 7.67. The highest BCUT2D eigenvalue weighted by Gasteiger charge is 2.74. The summed E-state index contributed by atoms with van der Waals surface area (Å²) in [7, 11) is 0. The highest BCUT2D eigenvalue weighted by atomic mass is 35.5. The van der Waals surface area contributed by atoms with E-state index in [9.17, 15) is 9.59 Å². The van der Waals surface area contributed by atoms with Crippen LogP contribution in [0.1, 0.15) is 43.4 Å². The number of amides is 1. The van der Waals surface area contributed by atoms with Gasteiger partial charge in [0, 0.05) is 11.9 Å². The first-order chi connectivity index (χ1) is 14.8. The molecule has 5 heteroatoms. The number of halogens is 1. The van der Waals surface area contributed by atoms with Crippen molar-refractivity contribution in [3.05, 3.63) is 107 Å². The molecular formula is C26H24ClNO2S. The van der Waals surface area contributed by atoms with E-state index in [1.54, 1.807) is 6.92 Å². The second-order valence-electron chi connectivity index (χ2n) is 8.23. The van der Waals surface area contributed by atoms with Crippen LogP contribution >= 0.6 is 23.4 Å². The highest BCUT2D eigenvalue weighted by molar-refractivity contribution is 8.14. The Morgan fingerprint density at radius 1 is 0.839 bits per heavy atom. The van der Waals surface area contributed by atoms with Gasteiger partial charge < -0.3 is 4.90 Å². The molecule has 1 amide bonds. The van der Waals surface area contributed by atoms with Crippen LogP contribution in [-0.4, -0.2) is 21.5 Å². The first kappa shape index (κ1) is 21.7. The Morgan fingerprint density at radius 3 is 1.77 bits per heavy atom. The van der Waals surface area contributed by atoms with Crippen molar-refractivity contribution in [2.45, 2.75) is 37.1 Å². The Balaban J connectivity index is 1.83. The Morgan fingerprint density at radius 2 is 1.32 bits per heavy atom. The molecule has 3 nitrogen and oxygen atoms in total. The van der Waals surface area contributed by atoms with Crippen LogP contribution < -0.4 is 0 Å². The standard InChI is InChI=1S/C26H24ClNO2S/c1-18(29)31-26(21-14-16-22(27)17-15-21)25(2,3)28(26)24(30)23(19-10-6-4-7-11-19)20-12-8-5-9-13-20/h4-17,23H,1-3H3. The SMILES string of the molecule is CC(=O)SC1(c2ccc(Cl)cc2)N(C(=O)C(c2ccccc2)c2ccccc2)C1(C)C. The predicted octanol–water partition coefficient (Wildman–Crippen LogP) is 6.23. The molecule has 0 saturated carbocycles. The summed E-state index contributed by atoms with van der Waals surface area (Å²) >= 11 is 7.32. The van der Waals surface area contributed by atoms with Gasteiger partial charge in [0.1, 0.15) is 4.87 Å². The first-order valence-electron chi connectivity index (χ1n) is 10.2. The number of nitrogens with zero attached hydrogens (tertiary/aromatic N) is 1. The fourth-order valence-electron chi connectivity index (χ4n) is 4.48. The molecule has 1 fully saturated rings. The monoisotopic (exact) mass is 449 g/mol. The summed E-state index contributed by atoms with van der Waals surface area (Å²) < 4.78 is 0. The van der Waals surface area contributed by atoms with Crippen LogP contribution in [0.25, 0.3) is 0 Å². The maximum absolute atomic E-state index is 14.1. The van der Waals surface area contributed by atoms with Crippen molar-refractivity contribution in [2.75, 3.05) is 0 Å². The van der Waals surface area contributed by atoms with Crippen LogP contribution in [0.3, 0.4) is 0 Å². The van der Waals surface area contributed by atoms with E-state index in [-0.39, 0.29) is 11.0 Å². The Kier molecular flexibility index (Phi) is 5.71. The second kappa shape index (κ2) is 8.18. The van der Waals surface area contributed by atoms with Crippen molar-refractivity contribution in [1.29, 1.82) is 0 Å². The topological polar surface area (TPSA) is 37.1 Å². The number of carbonyl (C=O) groups excluding carboxylic acids is 2. The van der Waals surface area contributed by atoms with Gasteiger partial charge in [-0.05, 0) is 42.7 Å². The van der Waals surface area contributed by atoms with E-state index < -0.39 is 16.3 Å². The van der Waals surface area contributed by atoms with E-state index in [1.165, 1.54) is 11.8 Å².